The van der Waals surface area contributed by atoms with Crippen molar-refractivity contribution >= 4 is 5.96 Å². The van der Waals surface area contributed by atoms with E-state index in [1.807, 2.05) is 24.9 Å². The van der Waals surface area contributed by atoms with Gasteiger partial charge in [0, 0.05) is 39.9 Å². The molecule has 0 unspecified atom stereocenters. The zero-order chi connectivity index (χ0) is 19.0. The van der Waals surface area contributed by atoms with E-state index in [0.29, 0.717) is 12.0 Å². The smallest absolute Gasteiger partial charge is 0.193 e. The van der Waals surface area contributed by atoms with E-state index >= 15 is 0 Å². The van der Waals surface area contributed by atoms with Crippen LogP contribution < -0.4 is 10.1 Å². The summed E-state index contributed by atoms with van der Waals surface area (Å²) in [6.45, 7) is 7.84. The Balaban J connectivity index is 1.98. The fourth-order valence-corrected chi connectivity index (χ4v) is 2.97. The van der Waals surface area contributed by atoms with E-state index in [1.54, 1.807) is 6.07 Å². The van der Waals surface area contributed by atoms with Crippen molar-refractivity contribution in [2.24, 2.45) is 10.4 Å². The average Bonchev–Trinajstić information content (AvgIpc) is 3.39. The number of rotatable bonds is 10. The van der Waals surface area contributed by atoms with Crippen LogP contribution in [0.2, 0.25) is 0 Å². The Hall–Kier alpha value is -1.82. The summed E-state index contributed by atoms with van der Waals surface area (Å²) < 4.78 is 24.4. The minimum absolute atomic E-state index is 0.266. The van der Waals surface area contributed by atoms with Gasteiger partial charge in [-0.2, -0.15) is 0 Å². The van der Waals surface area contributed by atoms with Gasteiger partial charge in [0.05, 0.1) is 7.11 Å². The second kappa shape index (κ2) is 9.76. The number of guanidine groups is 1. The van der Waals surface area contributed by atoms with Gasteiger partial charge in [-0.1, -0.05) is 6.07 Å². The summed E-state index contributed by atoms with van der Waals surface area (Å²) in [5, 5.41) is 3.33. The number of nitrogens with zero attached hydrogens (tertiary/aromatic N) is 2. The van der Waals surface area contributed by atoms with E-state index in [-0.39, 0.29) is 11.6 Å². The summed E-state index contributed by atoms with van der Waals surface area (Å²) >= 11 is 0. The molecule has 1 aliphatic rings. The predicted octanol–water partition coefficient (Wildman–Crippen LogP) is 3.44. The van der Waals surface area contributed by atoms with Crippen LogP contribution in [0.25, 0.3) is 0 Å². The molecule has 1 saturated carbocycles. The molecule has 1 fully saturated rings. The van der Waals surface area contributed by atoms with E-state index in [2.05, 4.69) is 12.2 Å². The molecule has 1 aliphatic carbocycles. The number of ether oxygens (including phenoxy) is 2. The summed E-state index contributed by atoms with van der Waals surface area (Å²) in [5.74, 6) is 0.779. The first kappa shape index (κ1) is 20.5. The Labute approximate surface area is 156 Å². The first-order valence-electron chi connectivity index (χ1n) is 9.43. The average molecular weight is 365 g/mol. The fourth-order valence-electron chi connectivity index (χ4n) is 2.97. The first-order valence-corrected chi connectivity index (χ1v) is 9.43. The summed E-state index contributed by atoms with van der Waals surface area (Å²) in [5.41, 5.74) is 1.19. The second-order valence-electron chi connectivity index (χ2n) is 6.94. The molecule has 0 spiro atoms. The van der Waals surface area contributed by atoms with E-state index < -0.39 is 0 Å². The van der Waals surface area contributed by atoms with Gasteiger partial charge in [-0.3, -0.25) is 4.99 Å². The predicted molar refractivity (Wildman–Crippen MR) is 103 cm³/mol. The lowest BCUT2D eigenvalue weighted by molar-refractivity contribution is 0.129. The van der Waals surface area contributed by atoms with Gasteiger partial charge in [0.25, 0.3) is 0 Å². The molecule has 1 aromatic carbocycles. The lowest BCUT2D eigenvalue weighted by atomic mass is 10.0. The van der Waals surface area contributed by atoms with Crippen LogP contribution in [0.5, 0.6) is 5.75 Å². The van der Waals surface area contributed by atoms with E-state index in [1.165, 1.54) is 26.0 Å². The molecule has 0 aromatic heterocycles. The van der Waals surface area contributed by atoms with Crippen molar-refractivity contribution in [3.8, 4) is 5.75 Å². The number of aliphatic imine (C=N–C) groups is 1. The Bertz CT molecular complexity index is 603. The van der Waals surface area contributed by atoms with Crippen molar-refractivity contribution in [3.63, 3.8) is 0 Å². The van der Waals surface area contributed by atoms with E-state index in [0.717, 1.165) is 44.2 Å². The van der Waals surface area contributed by atoms with E-state index in [4.69, 9.17) is 14.5 Å². The lowest BCUT2D eigenvalue weighted by Crippen LogP contribution is -2.39. The number of benzene rings is 1. The molecular weight excluding hydrogens is 333 g/mol. The van der Waals surface area contributed by atoms with Crippen LogP contribution in [-0.2, 0) is 11.3 Å². The first-order chi connectivity index (χ1) is 12.5. The van der Waals surface area contributed by atoms with Gasteiger partial charge in [0.15, 0.2) is 17.5 Å². The third-order valence-electron chi connectivity index (χ3n) is 4.83. The molecule has 146 valence electrons. The van der Waals surface area contributed by atoms with Gasteiger partial charge in [-0.15, -0.1) is 0 Å². The van der Waals surface area contributed by atoms with Gasteiger partial charge in [0.1, 0.15) is 0 Å². The van der Waals surface area contributed by atoms with Crippen molar-refractivity contribution < 1.29 is 13.9 Å². The molecule has 2 rings (SSSR count). The Morgan fingerprint density at radius 1 is 1.35 bits per heavy atom. The zero-order valence-electron chi connectivity index (χ0n) is 16.5. The highest BCUT2D eigenvalue weighted by Gasteiger charge is 2.42. The van der Waals surface area contributed by atoms with Gasteiger partial charge >= 0.3 is 0 Å². The highest BCUT2D eigenvalue weighted by molar-refractivity contribution is 5.79. The molecule has 0 atom stereocenters. The summed E-state index contributed by atoms with van der Waals surface area (Å²) in [4.78, 5) is 6.87. The zero-order valence-corrected chi connectivity index (χ0v) is 16.5. The number of methoxy groups -OCH3 is 1. The van der Waals surface area contributed by atoms with Crippen LogP contribution in [-0.4, -0.2) is 51.3 Å². The van der Waals surface area contributed by atoms with Crippen molar-refractivity contribution in [2.75, 3.05) is 40.5 Å². The van der Waals surface area contributed by atoms with Gasteiger partial charge in [-0.25, -0.2) is 4.39 Å². The highest BCUT2D eigenvalue weighted by atomic mass is 19.1. The maximum atomic E-state index is 13.9. The third-order valence-corrected chi connectivity index (χ3v) is 4.83. The minimum atomic E-state index is -0.340. The Morgan fingerprint density at radius 2 is 2.12 bits per heavy atom. The molecule has 1 aromatic rings. The maximum Gasteiger partial charge on any atom is 0.193 e. The molecule has 6 heteroatoms. The molecule has 0 heterocycles. The van der Waals surface area contributed by atoms with Crippen molar-refractivity contribution in [1.82, 2.24) is 10.2 Å². The van der Waals surface area contributed by atoms with Crippen LogP contribution in [0.4, 0.5) is 4.39 Å². The Morgan fingerprint density at radius 3 is 2.69 bits per heavy atom. The van der Waals surface area contributed by atoms with Gasteiger partial charge < -0.3 is 19.7 Å². The summed E-state index contributed by atoms with van der Waals surface area (Å²) in [7, 11) is 3.45. The molecule has 0 saturated heterocycles. The van der Waals surface area contributed by atoms with Crippen LogP contribution in [0.3, 0.4) is 0 Å². The fraction of sp³-hybridized carbons (Fsp3) is 0.650. The molecular formula is C20H32FN3O2. The van der Waals surface area contributed by atoms with Crippen LogP contribution in [0, 0.1) is 11.2 Å². The van der Waals surface area contributed by atoms with Crippen LogP contribution in [0.1, 0.15) is 38.7 Å². The second-order valence-corrected chi connectivity index (χ2v) is 6.94. The SMILES string of the molecule is CCNC(=NCC1(CCOCC)CC1)N(C)Cc1ccc(OC)c(F)c1. The standard InChI is InChI=1S/C20H32FN3O2/c1-5-22-19(23-15-20(9-10-20)11-12-26-6-2)24(3)14-16-7-8-18(25-4)17(21)13-16/h7-8,13H,5-6,9-12,14-15H2,1-4H3,(H,22,23). The maximum absolute atomic E-state index is 13.9. The van der Waals surface area contributed by atoms with Crippen molar-refractivity contribution in [2.45, 2.75) is 39.7 Å². The number of nitrogens with one attached hydrogen (secondary N) is 1. The summed E-state index contributed by atoms with van der Waals surface area (Å²) in [6.07, 6.45) is 3.50. The lowest BCUT2D eigenvalue weighted by Gasteiger charge is -2.23. The largest absolute Gasteiger partial charge is 0.494 e. The minimum Gasteiger partial charge on any atom is -0.494 e. The molecule has 0 aliphatic heterocycles. The topological polar surface area (TPSA) is 46.1 Å². The van der Waals surface area contributed by atoms with Crippen LogP contribution >= 0.6 is 0 Å². The molecule has 26 heavy (non-hydrogen) atoms. The van der Waals surface area contributed by atoms with E-state index in [9.17, 15) is 4.39 Å². The monoisotopic (exact) mass is 365 g/mol. The molecule has 1 N–H and O–H groups in total. The molecule has 5 nitrogen and oxygen atoms in total. The Kier molecular flexibility index (Phi) is 7.69. The molecule has 0 amide bonds. The summed E-state index contributed by atoms with van der Waals surface area (Å²) in [6, 6.07) is 5.06. The van der Waals surface area contributed by atoms with Gasteiger partial charge in [-0.05, 0) is 56.2 Å². The molecule has 0 radical (unpaired) electrons. The van der Waals surface area contributed by atoms with Gasteiger partial charge in [0.2, 0.25) is 0 Å². The number of hydrogen-bond donors (Lipinski definition) is 1. The van der Waals surface area contributed by atoms with Crippen LogP contribution in [0.15, 0.2) is 23.2 Å². The molecule has 0 bridgehead atoms. The third kappa shape index (κ3) is 5.87. The van der Waals surface area contributed by atoms with Crippen molar-refractivity contribution in [3.05, 3.63) is 29.6 Å². The van der Waals surface area contributed by atoms with Crippen molar-refractivity contribution in [1.29, 1.82) is 0 Å². The number of halogens is 1. The highest BCUT2D eigenvalue weighted by Crippen LogP contribution is 2.49. The quantitative estimate of drug-likeness (QED) is 0.392. The number of hydrogen-bond acceptors (Lipinski definition) is 3. The normalized spacial score (nSPS) is 15.7.